The second kappa shape index (κ2) is 7.72. The maximum absolute atomic E-state index is 13.0. The average Bonchev–Trinajstić information content (AvgIpc) is 3.48. The molecule has 0 unspecified atom stereocenters. The number of amides is 1. The Hall–Kier alpha value is -3.36. The molecule has 8 heteroatoms. The lowest BCUT2D eigenvalue weighted by Crippen LogP contribution is -2.27. The smallest absolute Gasteiger partial charge is 0.270 e. The molecule has 1 fully saturated rings. The summed E-state index contributed by atoms with van der Waals surface area (Å²) < 4.78 is 17.0. The van der Waals surface area contributed by atoms with Gasteiger partial charge in [0.05, 0.1) is 10.6 Å². The Balaban J connectivity index is 1.38. The Kier molecular flexibility index (Phi) is 4.88. The van der Waals surface area contributed by atoms with Gasteiger partial charge < -0.3 is 13.9 Å². The van der Waals surface area contributed by atoms with E-state index < -0.39 is 0 Å². The Bertz CT molecular complexity index is 1260. The maximum atomic E-state index is 13.0. The first-order chi connectivity index (χ1) is 15.0. The number of furan rings is 1. The Morgan fingerprint density at radius 2 is 1.84 bits per heavy atom. The number of thioether (sulfide) groups is 1. The minimum Gasteiger partial charge on any atom is -0.457 e. The van der Waals surface area contributed by atoms with E-state index in [-0.39, 0.29) is 18.5 Å². The molecule has 1 saturated heterocycles. The predicted molar refractivity (Wildman–Crippen MR) is 122 cm³/mol. The Morgan fingerprint density at radius 1 is 1.06 bits per heavy atom. The largest absolute Gasteiger partial charge is 0.457 e. The molecule has 1 aromatic heterocycles. The molecule has 5 rings (SSSR count). The van der Waals surface area contributed by atoms with Gasteiger partial charge in [-0.2, -0.15) is 0 Å². The van der Waals surface area contributed by atoms with Crippen LogP contribution in [0.5, 0.6) is 11.5 Å². The summed E-state index contributed by atoms with van der Waals surface area (Å²) in [6.07, 6.45) is 1.68. The monoisotopic (exact) mass is 449 g/mol. The molecule has 0 N–H and O–H groups in total. The third-order valence-corrected chi connectivity index (χ3v) is 6.19. The van der Waals surface area contributed by atoms with Crippen LogP contribution in [0.25, 0.3) is 17.4 Å². The summed E-state index contributed by atoms with van der Waals surface area (Å²) in [5.74, 6) is 2.20. The number of rotatable bonds is 4. The average molecular weight is 450 g/mol. The van der Waals surface area contributed by atoms with Crippen molar-refractivity contribution in [1.82, 2.24) is 0 Å². The van der Waals surface area contributed by atoms with Crippen molar-refractivity contribution in [3.8, 4) is 22.8 Å². The van der Waals surface area contributed by atoms with Crippen LogP contribution in [-0.2, 0) is 4.79 Å². The SMILES string of the molecule is CC(=O)c1ccc(-c2ccc(/C=C3/SC(=S)N(c4ccc5c(c4)OCO5)C3=O)o2)cc1. The molecule has 2 aliphatic heterocycles. The molecular weight excluding hydrogens is 434 g/mol. The second-order valence-electron chi connectivity index (χ2n) is 6.89. The van der Waals surface area contributed by atoms with Gasteiger partial charge in [0, 0.05) is 23.3 Å². The van der Waals surface area contributed by atoms with Crippen molar-refractivity contribution >= 4 is 51.8 Å². The third kappa shape index (κ3) is 3.64. The van der Waals surface area contributed by atoms with Crippen molar-refractivity contribution < 1.29 is 23.5 Å². The van der Waals surface area contributed by atoms with Gasteiger partial charge in [-0.3, -0.25) is 14.5 Å². The van der Waals surface area contributed by atoms with Crippen molar-refractivity contribution in [2.24, 2.45) is 0 Å². The number of carbonyl (C=O) groups is 2. The Labute approximate surface area is 187 Å². The quantitative estimate of drug-likeness (QED) is 0.305. The minimum absolute atomic E-state index is 0.0103. The second-order valence-corrected chi connectivity index (χ2v) is 8.57. The van der Waals surface area contributed by atoms with Crippen molar-refractivity contribution in [2.75, 3.05) is 11.7 Å². The van der Waals surface area contributed by atoms with Crippen LogP contribution >= 0.6 is 24.0 Å². The number of thiocarbonyl (C=S) groups is 1. The highest BCUT2D eigenvalue weighted by Crippen LogP contribution is 2.41. The molecule has 0 spiro atoms. The summed E-state index contributed by atoms with van der Waals surface area (Å²) >= 11 is 6.65. The molecule has 0 aliphatic carbocycles. The zero-order valence-corrected chi connectivity index (χ0v) is 17.9. The summed E-state index contributed by atoms with van der Waals surface area (Å²) in [5, 5.41) is 0. The van der Waals surface area contributed by atoms with Crippen molar-refractivity contribution in [1.29, 1.82) is 0 Å². The highest BCUT2D eigenvalue weighted by molar-refractivity contribution is 8.27. The number of ketones is 1. The van der Waals surface area contributed by atoms with Crippen molar-refractivity contribution in [2.45, 2.75) is 6.92 Å². The fraction of sp³-hybridized carbons (Fsp3) is 0.0870. The molecular formula is C23H15NO5S2. The van der Waals surface area contributed by atoms with Gasteiger partial charge in [0.15, 0.2) is 21.6 Å². The van der Waals surface area contributed by atoms with Crippen molar-refractivity contribution in [3.05, 3.63) is 70.8 Å². The lowest BCUT2D eigenvalue weighted by atomic mass is 10.1. The van der Waals surface area contributed by atoms with Crippen LogP contribution in [0.4, 0.5) is 5.69 Å². The van der Waals surface area contributed by atoms with E-state index in [0.29, 0.717) is 43.5 Å². The number of ether oxygens (including phenoxy) is 2. The summed E-state index contributed by atoms with van der Waals surface area (Å²) in [6.45, 7) is 1.69. The number of benzene rings is 2. The molecule has 6 nitrogen and oxygen atoms in total. The van der Waals surface area contributed by atoms with Gasteiger partial charge in [-0.05, 0) is 31.2 Å². The number of carbonyl (C=O) groups excluding carboxylic acids is 2. The molecule has 3 heterocycles. The first-order valence-corrected chi connectivity index (χ1v) is 10.6. The van der Waals surface area contributed by atoms with Gasteiger partial charge in [-0.1, -0.05) is 48.2 Å². The van der Waals surface area contributed by atoms with Crippen LogP contribution < -0.4 is 14.4 Å². The van der Waals surface area contributed by atoms with E-state index in [0.717, 1.165) is 5.56 Å². The number of nitrogens with zero attached hydrogens (tertiary/aromatic N) is 1. The summed E-state index contributed by atoms with van der Waals surface area (Å²) in [4.78, 5) is 26.4. The molecule has 0 bridgehead atoms. The first kappa shape index (κ1) is 19.6. The molecule has 31 heavy (non-hydrogen) atoms. The van der Waals surface area contributed by atoms with E-state index in [1.165, 1.54) is 23.6 Å². The lowest BCUT2D eigenvalue weighted by molar-refractivity contribution is -0.113. The number of hydrogen-bond acceptors (Lipinski definition) is 7. The Morgan fingerprint density at radius 3 is 2.61 bits per heavy atom. The van der Waals surface area contributed by atoms with E-state index in [9.17, 15) is 9.59 Å². The predicted octanol–water partition coefficient (Wildman–Crippen LogP) is 5.28. The van der Waals surface area contributed by atoms with E-state index in [1.54, 1.807) is 42.5 Å². The third-order valence-electron chi connectivity index (χ3n) is 4.88. The summed E-state index contributed by atoms with van der Waals surface area (Å²) in [5.41, 5.74) is 2.11. The molecule has 0 atom stereocenters. The zero-order valence-electron chi connectivity index (χ0n) is 16.3. The number of anilines is 1. The normalized spacial score (nSPS) is 16.4. The van der Waals surface area contributed by atoms with E-state index >= 15 is 0 Å². The van der Waals surface area contributed by atoms with Crippen LogP contribution in [-0.4, -0.2) is 22.8 Å². The molecule has 0 saturated carbocycles. The standard InChI is InChI=1S/C23H15NO5S2/c1-13(25)14-2-4-15(5-3-14)18-9-7-17(29-18)11-21-22(26)24(23(30)31-21)16-6-8-19-20(10-16)28-12-27-19/h2-11H,12H2,1H3/b21-11+. The molecule has 2 aromatic carbocycles. The topological polar surface area (TPSA) is 69.0 Å². The summed E-state index contributed by atoms with van der Waals surface area (Å²) in [6, 6.07) is 16.1. The van der Waals surface area contributed by atoms with Gasteiger partial charge in [-0.15, -0.1) is 0 Å². The van der Waals surface area contributed by atoms with Gasteiger partial charge in [-0.25, -0.2) is 0 Å². The van der Waals surface area contributed by atoms with Crippen LogP contribution in [0.2, 0.25) is 0 Å². The van der Waals surface area contributed by atoms with Crippen LogP contribution in [0.1, 0.15) is 23.0 Å². The molecule has 2 aliphatic rings. The van der Waals surface area contributed by atoms with E-state index in [2.05, 4.69) is 0 Å². The van der Waals surface area contributed by atoms with E-state index in [4.69, 9.17) is 26.1 Å². The fourth-order valence-electron chi connectivity index (χ4n) is 3.30. The number of Topliss-reactive ketones (excluding diaryl/α,β-unsaturated/α-hetero) is 1. The minimum atomic E-state index is -0.224. The fourth-order valence-corrected chi connectivity index (χ4v) is 4.58. The number of hydrogen-bond donors (Lipinski definition) is 0. The lowest BCUT2D eigenvalue weighted by Gasteiger charge is -2.14. The van der Waals surface area contributed by atoms with Crippen molar-refractivity contribution in [3.63, 3.8) is 0 Å². The maximum Gasteiger partial charge on any atom is 0.270 e. The van der Waals surface area contributed by atoms with Crippen LogP contribution in [0.15, 0.2) is 63.9 Å². The molecule has 0 radical (unpaired) electrons. The molecule has 3 aromatic rings. The van der Waals surface area contributed by atoms with Gasteiger partial charge >= 0.3 is 0 Å². The first-order valence-electron chi connectivity index (χ1n) is 9.38. The van der Waals surface area contributed by atoms with Gasteiger partial charge in [0.1, 0.15) is 11.5 Å². The highest BCUT2D eigenvalue weighted by Gasteiger charge is 2.34. The van der Waals surface area contributed by atoms with Gasteiger partial charge in [0.2, 0.25) is 6.79 Å². The molecule has 154 valence electrons. The highest BCUT2D eigenvalue weighted by atomic mass is 32.2. The zero-order chi connectivity index (χ0) is 21.5. The number of fused-ring (bicyclic) bond motifs is 1. The summed E-state index contributed by atoms with van der Waals surface area (Å²) in [7, 11) is 0. The van der Waals surface area contributed by atoms with Crippen LogP contribution in [0, 0.1) is 0 Å². The van der Waals surface area contributed by atoms with Gasteiger partial charge in [0.25, 0.3) is 5.91 Å². The molecule has 1 amide bonds. The van der Waals surface area contributed by atoms with E-state index in [1.807, 2.05) is 18.2 Å². The van der Waals surface area contributed by atoms with Crippen LogP contribution in [0.3, 0.4) is 0 Å².